The van der Waals surface area contributed by atoms with Gasteiger partial charge in [-0.15, -0.1) is 24.0 Å². The molecule has 0 saturated carbocycles. The highest BCUT2D eigenvalue weighted by molar-refractivity contribution is 14.0. The van der Waals surface area contributed by atoms with Gasteiger partial charge in [0.05, 0.1) is 25.2 Å². The first kappa shape index (κ1) is 27.7. The number of carbonyl (C=O) groups is 2. The van der Waals surface area contributed by atoms with Gasteiger partial charge in [0.25, 0.3) is 0 Å². The highest BCUT2D eigenvalue weighted by Crippen LogP contribution is 2.33. The number of rotatable bonds is 5. The Bertz CT molecular complexity index is 592. The van der Waals surface area contributed by atoms with Crippen molar-refractivity contribution in [3.05, 3.63) is 0 Å². The van der Waals surface area contributed by atoms with Gasteiger partial charge in [0.1, 0.15) is 11.3 Å². The number of ether oxygens (including phenoxy) is 3. The van der Waals surface area contributed by atoms with Gasteiger partial charge < -0.3 is 24.8 Å². The summed E-state index contributed by atoms with van der Waals surface area (Å²) < 4.78 is 16.3. The number of nitrogens with zero attached hydrogens (tertiary/aromatic N) is 2. The molecule has 0 spiro atoms. The zero-order valence-electron chi connectivity index (χ0n) is 19.0. The minimum atomic E-state index is -0.787. The standard InChI is InChI=1S/C19H36N4O5.HI/c1-12(15(24)26-9)10-21-16(20-8)22-11-14-13(2)27-19(6,7)23(14)17(25)28-18(3,4)5;/h12-14H,10-11H2,1-9H3,(H2,20,21,22);1H. The van der Waals surface area contributed by atoms with Gasteiger partial charge in [0.15, 0.2) is 5.96 Å². The second-order valence-electron chi connectivity index (χ2n) is 8.45. The van der Waals surface area contributed by atoms with Gasteiger partial charge in [-0.25, -0.2) is 4.79 Å². The molecule has 9 nitrogen and oxygen atoms in total. The van der Waals surface area contributed by atoms with Crippen molar-refractivity contribution in [2.75, 3.05) is 27.2 Å². The van der Waals surface area contributed by atoms with Crippen molar-refractivity contribution >= 4 is 42.0 Å². The molecular weight excluding hydrogens is 491 g/mol. The minimum absolute atomic E-state index is 0. The second-order valence-corrected chi connectivity index (χ2v) is 8.45. The van der Waals surface area contributed by atoms with E-state index >= 15 is 0 Å². The van der Waals surface area contributed by atoms with E-state index in [0.717, 1.165) is 0 Å². The number of hydrogen-bond acceptors (Lipinski definition) is 6. The molecule has 0 aromatic heterocycles. The predicted octanol–water partition coefficient (Wildman–Crippen LogP) is 2.34. The summed E-state index contributed by atoms with van der Waals surface area (Å²) >= 11 is 0. The summed E-state index contributed by atoms with van der Waals surface area (Å²) in [5.74, 6) is -0.0788. The molecule has 1 rings (SSSR count). The molecule has 1 aliphatic rings. The van der Waals surface area contributed by atoms with Crippen LogP contribution in [0, 0.1) is 5.92 Å². The number of nitrogens with one attached hydrogen (secondary N) is 2. The van der Waals surface area contributed by atoms with E-state index in [1.54, 1.807) is 18.9 Å². The highest BCUT2D eigenvalue weighted by atomic mass is 127. The van der Waals surface area contributed by atoms with Crippen molar-refractivity contribution in [2.45, 2.75) is 71.9 Å². The Balaban J connectivity index is 0.00000784. The predicted molar refractivity (Wildman–Crippen MR) is 122 cm³/mol. The second kappa shape index (κ2) is 11.2. The van der Waals surface area contributed by atoms with E-state index in [1.807, 2.05) is 41.5 Å². The van der Waals surface area contributed by atoms with E-state index in [-0.39, 0.29) is 48.0 Å². The molecule has 1 fully saturated rings. The van der Waals surface area contributed by atoms with Crippen LogP contribution in [0.5, 0.6) is 0 Å². The molecule has 0 aliphatic carbocycles. The van der Waals surface area contributed by atoms with E-state index < -0.39 is 17.4 Å². The third kappa shape index (κ3) is 8.15. The van der Waals surface area contributed by atoms with Crippen molar-refractivity contribution in [3.63, 3.8) is 0 Å². The van der Waals surface area contributed by atoms with E-state index in [0.29, 0.717) is 19.0 Å². The van der Waals surface area contributed by atoms with Crippen LogP contribution in [0.15, 0.2) is 4.99 Å². The molecule has 0 radical (unpaired) electrons. The molecule has 1 heterocycles. The number of aliphatic imine (C=N–C) groups is 1. The molecular formula is C19H37IN4O5. The first-order chi connectivity index (χ1) is 12.8. The molecule has 29 heavy (non-hydrogen) atoms. The highest BCUT2D eigenvalue weighted by Gasteiger charge is 2.49. The lowest BCUT2D eigenvalue weighted by molar-refractivity contribution is -0.144. The lowest BCUT2D eigenvalue weighted by atomic mass is 10.1. The largest absolute Gasteiger partial charge is 0.469 e. The van der Waals surface area contributed by atoms with Crippen molar-refractivity contribution in [3.8, 4) is 0 Å². The molecule has 0 aromatic rings. The van der Waals surface area contributed by atoms with Gasteiger partial charge >= 0.3 is 12.1 Å². The molecule has 1 saturated heterocycles. The smallest absolute Gasteiger partial charge is 0.412 e. The van der Waals surface area contributed by atoms with Gasteiger partial charge in [-0.3, -0.25) is 14.7 Å². The van der Waals surface area contributed by atoms with E-state index in [1.165, 1.54) is 7.11 Å². The SMILES string of the molecule is CN=C(NCC(C)C(=O)OC)NCC1C(C)OC(C)(C)N1C(=O)OC(C)(C)C.I. The Morgan fingerprint density at radius 2 is 1.86 bits per heavy atom. The third-order valence-electron chi connectivity index (χ3n) is 4.40. The Labute approximate surface area is 191 Å². The van der Waals surface area contributed by atoms with Crippen LogP contribution >= 0.6 is 24.0 Å². The van der Waals surface area contributed by atoms with Crippen LogP contribution < -0.4 is 10.6 Å². The zero-order valence-corrected chi connectivity index (χ0v) is 21.3. The average molecular weight is 528 g/mol. The number of hydrogen-bond donors (Lipinski definition) is 2. The molecule has 3 unspecified atom stereocenters. The van der Waals surface area contributed by atoms with Gasteiger partial charge in [-0.2, -0.15) is 0 Å². The molecule has 1 aliphatic heterocycles. The van der Waals surface area contributed by atoms with E-state index in [2.05, 4.69) is 15.6 Å². The normalized spacial score (nSPS) is 22.4. The number of amides is 1. The molecule has 10 heteroatoms. The van der Waals surface area contributed by atoms with Crippen LogP contribution in [0.4, 0.5) is 4.79 Å². The molecule has 170 valence electrons. The fourth-order valence-corrected chi connectivity index (χ4v) is 3.08. The van der Waals surface area contributed by atoms with Gasteiger partial charge in [-0.1, -0.05) is 6.92 Å². The summed E-state index contributed by atoms with van der Waals surface area (Å²) in [5, 5.41) is 6.29. The summed E-state index contributed by atoms with van der Waals surface area (Å²) in [6, 6.07) is -0.249. The number of esters is 1. The average Bonchev–Trinajstić information content (AvgIpc) is 2.80. The monoisotopic (exact) mass is 528 g/mol. The Hall–Kier alpha value is -1.30. The number of halogens is 1. The number of carbonyl (C=O) groups excluding carboxylic acids is 2. The Morgan fingerprint density at radius 3 is 2.34 bits per heavy atom. The van der Waals surface area contributed by atoms with Crippen molar-refractivity contribution < 1.29 is 23.8 Å². The molecule has 2 N–H and O–H groups in total. The lowest BCUT2D eigenvalue weighted by Gasteiger charge is -2.35. The van der Waals surface area contributed by atoms with E-state index in [4.69, 9.17) is 14.2 Å². The lowest BCUT2D eigenvalue weighted by Crippen LogP contribution is -2.54. The Morgan fingerprint density at radius 1 is 1.28 bits per heavy atom. The summed E-state index contributed by atoms with van der Waals surface area (Å²) in [6.45, 7) is 13.7. The summed E-state index contributed by atoms with van der Waals surface area (Å²) in [5.41, 5.74) is -1.39. The maximum atomic E-state index is 12.8. The van der Waals surface area contributed by atoms with Crippen molar-refractivity contribution in [1.29, 1.82) is 0 Å². The summed E-state index contributed by atoms with van der Waals surface area (Å²) in [6.07, 6.45) is -0.613. The summed E-state index contributed by atoms with van der Waals surface area (Å²) in [4.78, 5) is 30.1. The Kier molecular flexibility index (Phi) is 10.7. The molecule has 3 atom stereocenters. The maximum Gasteiger partial charge on any atom is 0.412 e. The zero-order chi connectivity index (χ0) is 21.7. The van der Waals surface area contributed by atoms with Crippen LogP contribution in [0.1, 0.15) is 48.5 Å². The first-order valence-electron chi connectivity index (χ1n) is 9.55. The van der Waals surface area contributed by atoms with Gasteiger partial charge in [-0.05, 0) is 41.5 Å². The van der Waals surface area contributed by atoms with Gasteiger partial charge in [0, 0.05) is 20.1 Å². The topological polar surface area (TPSA) is 101 Å². The number of methoxy groups -OCH3 is 1. The summed E-state index contributed by atoms with van der Waals surface area (Å²) in [7, 11) is 3.00. The van der Waals surface area contributed by atoms with Crippen LogP contribution in [-0.4, -0.2) is 73.6 Å². The fourth-order valence-electron chi connectivity index (χ4n) is 3.08. The van der Waals surface area contributed by atoms with Crippen LogP contribution in [0.2, 0.25) is 0 Å². The maximum absolute atomic E-state index is 12.8. The van der Waals surface area contributed by atoms with Crippen molar-refractivity contribution in [1.82, 2.24) is 15.5 Å². The quantitative estimate of drug-likeness (QED) is 0.245. The molecule has 0 aromatic carbocycles. The number of guanidine groups is 1. The van der Waals surface area contributed by atoms with Gasteiger partial charge in [0.2, 0.25) is 0 Å². The van der Waals surface area contributed by atoms with Crippen LogP contribution in [0.3, 0.4) is 0 Å². The fraction of sp³-hybridized carbons (Fsp3) is 0.842. The molecule has 0 bridgehead atoms. The first-order valence-corrected chi connectivity index (χ1v) is 9.55. The van der Waals surface area contributed by atoms with Crippen LogP contribution in [-0.2, 0) is 19.0 Å². The minimum Gasteiger partial charge on any atom is -0.469 e. The molecule has 1 amide bonds. The third-order valence-corrected chi connectivity index (χ3v) is 4.40. The van der Waals surface area contributed by atoms with Crippen LogP contribution in [0.25, 0.3) is 0 Å². The van der Waals surface area contributed by atoms with E-state index in [9.17, 15) is 9.59 Å². The van der Waals surface area contributed by atoms with Crippen molar-refractivity contribution in [2.24, 2.45) is 10.9 Å².